The van der Waals surface area contributed by atoms with E-state index in [1.165, 1.54) is 11.3 Å². The SMILES string of the molecule is O=C(NCCI)c1cc(Br)c(Br)s1. The molecule has 0 spiro atoms. The summed E-state index contributed by atoms with van der Waals surface area (Å²) >= 11 is 10.3. The van der Waals surface area contributed by atoms with E-state index in [0.717, 1.165) is 17.6 Å². The quantitative estimate of drug-likeness (QED) is 0.568. The first-order chi connectivity index (χ1) is 6.15. The zero-order valence-electron chi connectivity index (χ0n) is 6.44. The van der Waals surface area contributed by atoms with Crippen molar-refractivity contribution in [2.45, 2.75) is 0 Å². The van der Waals surface area contributed by atoms with Crippen molar-refractivity contribution in [1.82, 2.24) is 5.32 Å². The third kappa shape index (κ3) is 3.49. The molecular formula is C7H6Br2INOS. The van der Waals surface area contributed by atoms with Gasteiger partial charge in [-0.1, -0.05) is 22.6 Å². The van der Waals surface area contributed by atoms with Crippen LogP contribution in [0.1, 0.15) is 9.67 Å². The number of carbonyl (C=O) groups excluding carboxylic acids is 1. The average molecular weight is 439 g/mol. The second kappa shape index (κ2) is 5.67. The van der Waals surface area contributed by atoms with Crippen molar-refractivity contribution in [2.24, 2.45) is 0 Å². The first-order valence-corrected chi connectivity index (χ1v) is 7.37. The number of hydrogen-bond donors (Lipinski definition) is 1. The lowest BCUT2D eigenvalue weighted by Gasteiger charge is -1.98. The Morgan fingerprint density at radius 1 is 1.62 bits per heavy atom. The number of halogens is 3. The fourth-order valence-electron chi connectivity index (χ4n) is 0.706. The van der Waals surface area contributed by atoms with Gasteiger partial charge in [0.05, 0.1) is 8.66 Å². The molecule has 0 bridgehead atoms. The van der Waals surface area contributed by atoms with Crippen LogP contribution in [0.25, 0.3) is 0 Å². The van der Waals surface area contributed by atoms with Crippen LogP contribution in [0.15, 0.2) is 14.3 Å². The number of carbonyl (C=O) groups is 1. The summed E-state index contributed by atoms with van der Waals surface area (Å²) in [7, 11) is 0. The third-order valence-electron chi connectivity index (χ3n) is 1.25. The van der Waals surface area contributed by atoms with Gasteiger partial charge in [-0.15, -0.1) is 11.3 Å². The lowest BCUT2D eigenvalue weighted by atomic mass is 10.4. The molecular weight excluding hydrogens is 433 g/mol. The van der Waals surface area contributed by atoms with Crippen molar-refractivity contribution in [2.75, 3.05) is 11.0 Å². The second-order valence-corrected chi connectivity index (χ2v) is 6.48. The van der Waals surface area contributed by atoms with E-state index < -0.39 is 0 Å². The molecule has 1 heterocycles. The molecule has 0 aliphatic heterocycles. The van der Waals surface area contributed by atoms with E-state index >= 15 is 0 Å². The molecule has 0 atom stereocenters. The molecule has 6 heteroatoms. The van der Waals surface area contributed by atoms with Crippen molar-refractivity contribution >= 4 is 71.7 Å². The van der Waals surface area contributed by atoms with Gasteiger partial charge in [0.1, 0.15) is 0 Å². The van der Waals surface area contributed by atoms with Crippen LogP contribution in [0.2, 0.25) is 0 Å². The minimum atomic E-state index is -0.00642. The zero-order valence-corrected chi connectivity index (χ0v) is 12.6. The van der Waals surface area contributed by atoms with Crippen molar-refractivity contribution < 1.29 is 4.79 Å². The normalized spacial score (nSPS) is 10.1. The number of amides is 1. The maximum atomic E-state index is 11.4. The number of thiophene rings is 1. The highest BCUT2D eigenvalue weighted by molar-refractivity contribution is 14.1. The third-order valence-corrected chi connectivity index (χ3v) is 5.04. The Labute approximate surface area is 111 Å². The molecule has 72 valence electrons. The smallest absolute Gasteiger partial charge is 0.261 e. The number of alkyl halides is 1. The molecule has 1 N–H and O–H groups in total. The number of hydrogen-bond acceptors (Lipinski definition) is 2. The number of rotatable bonds is 3. The van der Waals surface area contributed by atoms with Gasteiger partial charge < -0.3 is 5.32 Å². The van der Waals surface area contributed by atoms with Crippen LogP contribution in [0, 0.1) is 0 Å². The summed E-state index contributed by atoms with van der Waals surface area (Å²) in [6, 6.07) is 1.82. The van der Waals surface area contributed by atoms with Crippen molar-refractivity contribution in [3.8, 4) is 0 Å². The molecule has 1 amide bonds. The summed E-state index contributed by atoms with van der Waals surface area (Å²) in [6.07, 6.45) is 0. The molecule has 0 unspecified atom stereocenters. The summed E-state index contributed by atoms with van der Waals surface area (Å²) in [4.78, 5) is 12.1. The van der Waals surface area contributed by atoms with Crippen LogP contribution < -0.4 is 5.32 Å². The minimum absolute atomic E-state index is 0.00642. The van der Waals surface area contributed by atoms with Gasteiger partial charge in [-0.2, -0.15) is 0 Å². The zero-order chi connectivity index (χ0) is 9.84. The molecule has 2 nitrogen and oxygen atoms in total. The van der Waals surface area contributed by atoms with Gasteiger partial charge in [0.25, 0.3) is 5.91 Å². The van der Waals surface area contributed by atoms with Crippen LogP contribution in [0.5, 0.6) is 0 Å². The van der Waals surface area contributed by atoms with E-state index in [1.807, 2.05) is 6.07 Å². The predicted octanol–water partition coefficient (Wildman–Crippen LogP) is 3.44. The Morgan fingerprint density at radius 2 is 2.31 bits per heavy atom. The van der Waals surface area contributed by atoms with Gasteiger partial charge in [-0.25, -0.2) is 0 Å². The number of nitrogens with one attached hydrogen (secondary N) is 1. The molecule has 1 aromatic heterocycles. The van der Waals surface area contributed by atoms with E-state index in [1.54, 1.807) is 0 Å². The van der Waals surface area contributed by atoms with E-state index in [2.05, 4.69) is 59.8 Å². The van der Waals surface area contributed by atoms with Crippen LogP contribution in [-0.2, 0) is 0 Å². The van der Waals surface area contributed by atoms with Gasteiger partial charge >= 0.3 is 0 Å². The maximum absolute atomic E-state index is 11.4. The van der Waals surface area contributed by atoms with Crippen molar-refractivity contribution in [3.63, 3.8) is 0 Å². The highest BCUT2D eigenvalue weighted by atomic mass is 127. The van der Waals surface area contributed by atoms with Crippen LogP contribution in [-0.4, -0.2) is 16.9 Å². The van der Waals surface area contributed by atoms with Crippen molar-refractivity contribution in [3.05, 3.63) is 19.2 Å². The summed E-state index contributed by atoms with van der Waals surface area (Å²) < 4.78 is 2.81. The standard InChI is InChI=1S/C7H6Br2INOS/c8-4-3-5(13-6(4)9)7(12)11-2-1-10/h3H,1-2H2,(H,11,12). The monoisotopic (exact) mass is 437 g/mol. The summed E-state index contributed by atoms with van der Waals surface area (Å²) in [5.74, 6) is -0.00642. The highest BCUT2D eigenvalue weighted by Gasteiger charge is 2.10. The fourth-order valence-corrected chi connectivity index (χ4v) is 2.93. The Bertz CT molecular complexity index is 296. The molecule has 0 aliphatic carbocycles. The van der Waals surface area contributed by atoms with Crippen LogP contribution >= 0.6 is 65.8 Å². The molecule has 0 aromatic carbocycles. The molecule has 0 radical (unpaired) electrons. The Balaban J connectivity index is 2.66. The van der Waals surface area contributed by atoms with Crippen molar-refractivity contribution in [1.29, 1.82) is 0 Å². The lowest BCUT2D eigenvalue weighted by Crippen LogP contribution is -2.24. The average Bonchev–Trinajstić information content (AvgIpc) is 2.43. The van der Waals surface area contributed by atoms with Crippen LogP contribution in [0.4, 0.5) is 0 Å². The summed E-state index contributed by atoms with van der Waals surface area (Å²) in [5.41, 5.74) is 0. The lowest BCUT2D eigenvalue weighted by molar-refractivity contribution is 0.0960. The van der Waals surface area contributed by atoms with Gasteiger partial charge in [0, 0.05) is 15.4 Å². The summed E-state index contributed by atoms with van der Waals surface area (Å²) in [6.45, 7) is 0.715. The second-order valence-electron chi connectivity index (χ2n) is 2.18. The molecule has 13 heavy (non-hydrogen) atoms. The Morgan fingerprint density at radius 3 is 2.77 bits per heavy atom. The molecule has 1 rings (SSSR count). The summed E-state index contributed by atoms with van der Waals surface area (Å²) in [5, 5.41) is 2.81. The largest absolute Gasteiger partial charge is 0.351 e. The van der Waals surface area contributed by atoms with E-state index in [9.17, 15) is 4.79 Å². The van der Waals surface area contributed by atoms with Gasteiger partial charge in [0.2, 0.25) is 0 Å². The van der Waals surface area contributed by atoms with E-state index in [-0.39, 0.29) is 5.91 Å². The first kappa shape index (κ1) is 11.9. The topological polar surface area (TPSA) is 29.1 Å². The Hall–Kier alpha value is 0.860. The fraction of sp³-hybridized carbons (Fsp3) is 0.286. The highest BCUT2D eigenvalue weighted by Crippen LogP contribution is 2.32. The molecule has 0 saturated carbocycles. The van der Waals surface area contributed by atoms with Gasteiger partial charge in [0.15, 0.2) is 0 Å². The van der Waals surface area contributed by atoms with Gasteiger partial charge in [-0.05, 0) is 37.9 Å². The molecule has 0 aliphatic rings. The molecule has 0 fully saturated rings. The molecule has 0 saturated heterocycles. The Kier molecular flexibility index (Phi) is 5.21. The maximum Gasteiger partial charge on any atom is 0.261 e. The minimum Gasteiger partial charge on any atom is -0.351 e. The van der Waals surface area contributed by atoms with E-state index in [0.29, 0.717) is 6.54 Å². The molecule has 1 aromatic rings. The van der Waals surface area contributed by atoms with E-state index in [4.69, 9.17) is 0 Å². The first-order valence-electron chi connectivity index (χ1n) is 3.44. The van der Waals surface area contributed by atoms with Crippen LogP contribution in [0.3, 0.4) is 0 Å². The van der Waals surface area contributed by atoms with Gasteiger partial charge in [-0.3, -0.25) is 4.79 Å². The predicted molar refractivity (Wildman–Crippen MR) is 70.9 cm³/mol.